The van der Waals surface area contributed by atoms with Gasteiger partial charge in [-0.05, 0) is 43.5 Å². The van der Waals surface area contributed by atoms with E-state index in [0.29, 0.717) is 19.1 Å². The number of ether oxygens (including phenoxy) is 1. The lowest BCUT2D eigenvalue weighted by Gasteiger charge is -2.18. The topological polar surface area (TPSA) is 41.5 Å². The molecule has 1 aromatic rings. The minimum absolute atomic E-state index is 0.153. The van der Waals surface area contributed by atoms with E-state index in [0.717, 1.165) is 12.1 Å². The van der Waals surface area contributed by atoms with Gasteiger partial charge in [0, 0.05) is 12.2 Å². The first-order valence-corrected chi connectivity index (χ1v) is 6.76. The van der Waals surface area contributed by atoms with Crippen LogP contribution in [0.3, 0.4) is 0 Å². The van der Waals surface area contributed by atoms with Crippen molar-refractivity contribution >= 4 is 5.69 Å². The Bertz CT molecular complexity index is 354. The second-order valence-electron chi connectivity index (χ2n) is 5.32. The minimum atomic E-state index is -0.570. The molecule has 0 fully saturated rings. The average molecular weight is 269 g/mol. The van der Waals surface area contributed by atoms with Gasteiger partial charge in [0.1, 0.15) is 5.82 Å². The number of rotatable bonds is 8. The van der Waals surface area contributed by atoms with Gasteiger partial charge in [-0.1, -0.05) is 13.8 Å². The van der Waals surface area contributed by atoms with E-state index in [-0.39, 0.29) is 11.9 Å². The first-order valence-electron chi connectivity index (χ1n) is 6.76. The molecule has 0 spiro atoms. The third-order valence-corrected chi connectivity index (χ3v) is 2.76. The zero-order valence-corrected chi connectivity index (χ0v) is 11.9. The van der Waals surface area contributed by atoms with Crippen LogP contribution in [0.2, 0.25) is 0 Å². The minimum Gasteiger partial charge on any atom is -0.389 e. The molecule has 0 bridgehead atoms. The Morgan fingerprint density at radius 2 is 1.84 bits per heavy atom. The molecule has 108 valence electrons. The Labute approximate surface area is 114 Å². The number of hydrogen-bond acceptors (Lipinski definition) is 3. The fourth-order valence-electron chi connectivity index (χ4n) is 1.87. The molecule has 0 radical (unpaired) electrons. The summed E-state index contributed by atoms with van der Waals surface area (Å²) in [5, 5.41) is 12.8. The predicted molar refractivity (Wildman–Crippen MR) is 75.8 cm³/mol. The van der Waals surface area contributed by atoms with Crippen molar-refractivity contribution in [2.24, 2.45) is 5.92 Å². The van der Waals surface area contributed by atoms with E-state index in [4.69, 9.17) is 4.74 Å². The molecule has 0 aliphatic rings. The maximum atomic E-state index is 12.7. The molecule has 0 aromatic heterocycles. The van der Waals surface area contributed by atoms with Gasteiger partial charge >= 0.3 is 0 Å². The molecule has 0 amide bonds. The molecular formula is C15H24FNO2. The van der Waals surface area contributed by atoms with Crippen LogP contribution in [0.5, 0.6) is 0 Å². The lowest BCUT2D eigenvalue weighted by atomic mass is 10.1. The molecule has 19 heavy (non-hydrogen) atoms. The highest BCUT2D eigenvalue weighted by Crippen LogP contribution is 2.09. The SMILES string of the molecule is CC(C)CC(C)OCC(O)CNc1ccc(F)cc1. The van der Waals surface area contributed by atoms with Crippen LogP contribution >= 0.6 is 0 Å². The molecule has 0 saturated heterocycles. The molecule has 1 rings (SSSR count). The summed E-state index contributed by atoms with van der Waals surface area (Å²) in [4.78, 5) is 0. The normalized spacial score (nSPS) is 14.4. The predicted octanol–water partition coefficient (Wildman–Crippen LogP) is 3.05. The number of hydrogen-bond donors (Lipinski definition) is 2. The molecule has 3 nitrogen and oxygen atoms in total. The molecule has 2 N–H and O–H groups in total. The van der Waals surface area contributed by atoms with Gasteiger partial charge in [-0.25, -0.2) is 4.39 Å². The van der Waals surface area contributed by atoms with Crippen molar-refractivity contribution < 1.29 is 14.2 Å². The van der Waals surface area contributed by atoms with Gasteiger partial charge in [0.25, 0.3) is 0 Å². The lowest BCUT2D eigenvalue weighted by Crippen LogP contribution is -2.27. The number of benzene rings is 1. The van der Waals surface area contributed by atoms with Crippen LogP contribution in [0, 0.1) is 11.7 Å². The Morgan fingerprint density at radius 3 is 2.42 bits per heavy atom. The Morgan fingerprint density at radius 1 is 1.21 bits per heavy atom. The second-order valence-corrected chi connectivity index (χ2v) is 5.32. The highest BCUT2D eigenvalue weighted by Gasteiger charge is 2.09. The zero-order chi connectivity index (χ0) is 14.3. The number of nitrogens with one attached hydrogen (secondary N) is 1. The van der Waals surface area contributed by atoms with Gasteiger partial charge in [0.05, 0.1) is 18.8 Å². The quantitative estimate of drug-likeness (QED) is 0.762. The van der Waals surface area contributed by atoms with Crippen molar-refractivity contribution in [3.8, 4) is 0 Å². The third-order valence-electron chi connectivity index (χ3n) is 2.76. The van der Waals surface area contributed by atoms with Crippen molar-refractivity contribution in [3.63, 3.8) is 0 Å². The summed E-state index contributed by atoms with van der Waals surface area (Å²) < 4.78 is 18.3. The molecule has 1 aromatic carbocycles. The lowest BCUT2D eigenvalue weighted by molar-refractivity contribution is -0.00443. The number of aliphatic hydroxyl groups is 1. The second kappa shape index (κ2) is 8.12. The molecule has 4 heteroatoms. The van der Waals surface area contributed by atoms with Gasteiger partial charge < -0.3 is 15.2 Å². The van der Waals surface area contributed by atoms with Crippen LogP contribution in [0.4, 0.5) is 10.1 Å². The monoisotopic (exact) mass is 269 g/mol. The Hall–Kier alpha value is -1.13. The van der Waals surface area contributed by atoms with E-state index in [2.05, 4.69) is 19.2 Å². The molecule has 0 aliphatic carbocycles. The Kier molecular flexibility index (Phi) is 6.81. The number of halogens is 1. The Balaban J connectivity index is 2.20. The summed E-state index contributed by atoms with van der Waals surface area (Å²) in [6.45, 7) is 7.00. The maximum absolute atomic E-state index is 12.7. The van der Waals surface area contributed by atoms with E-state index in [1.165, 1.54) is 12.1 Å². The maximum Gasteiger partial charge on any atom is 0.123 e. The van der Waals surface area contributed by atoms with Crippen molar-refractivity contribution in [2.45, 2.75) is 39.4 Å². The molecular weight excluding hydrogens is 245 g/mol. The van der Waals surface area contributed by atoms with Gasteiger partial charge in [-0.2, -0.15) is 0 Å². The van der Waals surface area contributed by atoms with Crippen LogP contribution < -0.4 is 5.32 Å². The van der Waals surface area contributed by atoms with E-state index < -0.39 is 6.10 Å². The van der Waals surface area contributed by atoms with Crippen LogP contribution in [-0.2, 0) is 4.74 Å². The van der Waals surface area contributed by atoms with Gasteiger partial charge in [-0.3, -0.25) is 0 Å². The molecule has 2 atom stereocenters. The number of anilines is 1. The molecule has 2 unspecified atom stereocenters. The summed E-state index contributed by atoms with van der Waals surface area (Å²) in [6.07, 6.45) is 0.568. The van der Waals surface area contributed by atoms with Crippen molar-refractivity contribution in [2.75, 3.05) is 18.5 Å². The van der Waals surface area contributed by atoms with Crippen LogP contribution in [0.1, 0.15) is 27.2 Å². The highest BCUT2D eigenvalue weighted by molar-refractivity contribution is 5.42. The van der Waals surface area contributed by atoms with Crippen molar-refractivity contribution in [1.29, 1.82) is 0 Å². The smallest absolute Gasteiger partial charge is 0.123 e. The summed E-state index contributed by atoms with van der Waals surface area (Å²) in [6, 6.07) is 6.06. The summed E-state index contributed by atoms with van der Waals surface area (Å²) >= 11 is 0. The highest BCUT2D eigenvalue weighted by atomic mass is 19.1. The summed E-state index contributed by atoms with van der Waals surface area (Å²) in [7, 11) is 0. The van der Waals surface area contributed by atoms with E-state index in [9.17, 15) is 9.50 Å². The van der Waals surface area contributed by atoms with E-state index >= 15 is 0 Å². The summed E-state index contributed by atoms with van der Waals surface area (Å²) in [5.74, 6) is 0.321. The fraction of sp³-hybridized carbons (Fsp3) is 0.600. The largest absolute Gasteiger partial charge is 0.389 e. The van der Waals surface area contributed by atoms with Gasteiger partial charge in [-0.15, -0.1) is 0 Å². The zero-order valence-electron chi connectivity index (χ0n) is 11.9. The standard InChI is InChI=1S/C15H24FNO2/c1-11(2)8-12(3)19-10-15(18)9-17-14-6-4-13(16)5-7-14/h4-7,11-12,15,17-18H,8-10H2,1-3H3. The van der Waals surface area contributed by atoms with Crippen molar-refractivity contribution in [3.05, 3.63) is 30.1 Å². The molecule has 0 saturated carbocycles. The average Bonchev–Trinajstić information content (AvgIpc) is 2.35. The first-order chi connectivity index (χ1) is 8.97. The van der Waals surface area contributed by atoms with E-state index in [1.807, 2.05) is 6.92 Å². The number of aliphatic hydroxyl groups excluding tert-OH is 1. The van der Waals surface area contributed by atoms with Crippen LogP contribution in [0.15, 0.2) is 24.3 Å². The first kappa shape index (κ1) is 15.9. The van der Waals surface area contributed by atoms with E-state index in [1.54, 1.807) is 12.1 Å². The van der Waals surface area contributed by atoms with Crippen molar-refractivity contribution in [1.82, 2.24) is 0 Å². The molecule has 0 heterocycles. The third kappa shape index (κ3) is 7.13. The van der Waals surface area contributed by atoms with Crippen LogP contribution in [0.25, 0.3) is 0 Å². The van der Waals surface area contributed by atoms with Gasteiger partial charge in [0.15, 0.2) is 0 Å². The molecule has 0 aliphatic heterocycles. The fourth-order valence-corrected chi connectivity index (χ4v) is 1.87. The van der Waals surface area contributed by atoms with Gasteiger partial charge in [0.2, 0.25) is 0 Å². The summed E-state index contributed by atoms with van der Waals surface area (Å²) in [5.41, 5.74) is 0.788. The van der Waals surface area contributed by atoms with Crippen LogP contribution in [-0.4, -0.2) is 30.5 Å².